The minimum absolute atomic E-state index is 0.493. The Morgan fingerprint density at radius 2 is 0.778 bits per heavy atom. The summed E-state index contributed by atoms with van der Waals surface area (Å²) in [7, 11) is 0. The van der Waals surface area contributed by atoms with Crippen LogP contribution in [0.25, 0.3) is 0 Å². The van der Waals surface area contributed by atoms with Crippen LogP contribution in [0.4, 0.5) is 0 Å². The third kappa shape index (κ3) is 6.67. The molecule has 0 saturated heterocycles. The first-order chi connectivity index (χ1) is 12.8. The molecule has 0 N–H and O–H groups in total. The van der Waals surface area contributed by atoms with Gasteiger partial charge in [0.1, 0.15) is 11.2 Å². The lowest BCUT2D eigenvalue weighted by Crippen LogP contribution is -2.29. The highest BCUT2D eigenvalue weighted by Crippen LogP contribution is 2.31. The van der Waals surface area contributed by atoms with Gasteiger partial charge in [0.2, 0.25) is 0 Å². The highest BCUT2D eigenvalue weighted by atomic mass is 17.2. The average Bonchev–Trinajstić information content (AvgIpc) is 2.69. The lowest BCUT2D eigenvalue weighted by molar-refractivity contribution is -0.410. The van der Waals surface area contributed by atoms with Crippen molar-refractivity contribution in [1.82, 2.24) is 0 Å². The fourth-order valence-corrected chi connectivity index (χ4v) is 2.52. The van der Waals surface area contributed by atoms with Gasteiger partial charge in [-0.05, 0) is 45.7 Å². The Morgan fingerprint density at radius 1 is 0.481 bits per heavy atom. The number of hydrogen-bond acceptors (Lipinski definition) is 2. The molecule has 0 saturated carbocycles. The van der Waals surface area contributed by atoms with Crippen molar-refractivity contribution >= 4 is 0 Å². The molecule has 142 valence electrons. The SMILES string of the molecule is CC(C)(OOC(C)(C)c1ccccc1)c1ccccc1.Cc1ccccc1. The van der Waals surface area contributed by atoms with Gasteiger partial charge in [-0.2, -0.15) is 0 Å². The number of hydrogen-bond donors (Lipinski definition) is 0. The van der Waals surface area contributed by atoms with Crippen molar-refractivity contribution in [1.29, 1.82) is 0 Å². The van der Waals surface area contributed by atoms with Crippen molar-refractivity contribution in [3.8, 4) is 0 Å². The second-order valence-electron chi connectivity index (χ2n) is 7.57. The molecular formula is C25H30O2. The molecule has 0 radical (unpaired) electrons. The lowest BCUT2D eigenvalue weighted by atomic mass is 9.98. The van der Waals surface area contributed by atoms with Gasteiger partial charge in [-0.1, -0.05) is 96.6 Å². The topological polar surface area (TPSA) is 18.5 Å². The van der Waals surface area contributed by atoms with Crippen molar-refractivity contribution in [3.63, 3.8) is 0 Å². The number of aryl methyl sites for hydroxylation is 1. The Labute approximate surface area is 163 Å². The zero-order valence-electron chi connectivity index (χ0n) is 17.0. The van der Waals surface area contributed by atoms with Crippen LogP contribution in [0, 0.1) is 6.92 Å². The van der Waals surface area contributed by atoms with E-state index >= 15 is 0 Å². The molecule has 3 aromatic carbocycles. The van der Waals surface area contributed by atoms with Gasteiger partial charge in [0.15, 0.2) is 0 Å². The molecule has 0 spiro atoms. The fourth-order valence-electron chi connectivity index (χ4n) is 2.52. The molecule has 0 heterocycles. The smallest absolute Gasteiger partial charge is 0.123 e. The summed E-state index contributed by atoms with van der Waals surface area (Å²) < 4.78 is 0. The van der Waals surface area contributed by atoms with Crippen molar-refractivity contribution in [2.75, 3.05) is 0 Å². The maximum absolute atomic E-state index is 5.73. The molecule has 0 amide bonds. The summed E-state index contributed by atoms with van der Waals surface area (Å²) in [6.45, 7) is 10.1. The van der Waals surface area contributed by atoms with Crippen LogP contribution < -0.4 is 0 Å². The van der Waals surface area contributed by atoms with Gasteiger partial charge in [0.05, 0.1) is 0 Å². The molecule has 3 aromatic rings. The summed E-state index contributed by atoms with van der Waals surface area (Å²) in [4.78, 5) is 11.5. The van der Waals surface area contributed by atoms with Crippen molar-refractivity contribution in [2.24, 2.45) is 0 Å². The van der Waals surface area contributed by atoms with E-state index in [4.69, 9.17) is 9.78 Å². The average molecular weight is 363 g/mol. The third-order valence-corrected chi connectivity index (χ3v) is 4.34. The maximum Gasteiger partial charge on any atom is 0.123 e. The van der Waals surface area contributed by atoms with Crippen LogP contribution in [-0.2, 0) is 21.0 Å². The first-order valence-electron chi connectivity index (χ1n) is 9.31. The Balaban J connectivity index is 0.000000313. The predicted molar refractivity (Wildman–Crippen MR) is 112 cm³/mol. The standard InChI is InChI=1S/C18H22O2.C7H8/c1-17(2,15-11-7-5-8-12-15)19-20-18(3,4)16-13-9-6-10-14-16;1-7-5-3-2-4-6-7/h5-14H,1-4H3;2-6H,1H3. The molecular weight excluding hydrogens is 332 g/mol. The van der Waals surface area contributed by atoms with E-state index in [1.54, 1.807) is 0 Å². The van der Waals surface area contributed by atoms with Gasteiger partial charge in [-0.3, -0.25) is 0 Å². The fraction of sp³-hybridized carbons (Fsp3) is 0.280. The normalized spacial score (nSPS) is 11.4. The van der Waals surface area contributed by atoms with E-state index in [-0.39, 0.29) is 0 Å². The molecule has 3 rings (SSSR count). The van der Waals surface area contributed by atoms with Crippen LogP contribution in [0.2, 0.25) is 0 Å². The van der Waals surface area contributed by atoms with Gasteiger partial charge in [0, 0.05) is 0 Å². The molecule has 27 heavy (non-hydrogen) atoms. The minimum Gasteiger partial charge on any atom is -0.225 e. The molecule has 2 nitrogen and oxygen atoms in total. The van der Waals surface area contributed by atoms with E-state index in [1.165, 1.54) is 5.56 Å². The van der Waals surface area contributed by atoms with Crippen molar-refractivity contribution < 1.29 is 9.78 Å². The molecule has 0 bridgehead atoms. The largest absolute Gasteiger partial charge is 0.225 e. The van der Waals surface area contributed by atoms with Crippen LogP contribution in [0.3, 0.4) is 0 Å². The van der Waals surface area contributed by atoms with Crippen LogP contribution in [0.15, 0.2) is 91.0 Å². The van der Waals surface area contributed by atoms with Crippen LogP contribution in [-0.4, -0.2) is 0 Å². The third-order valence-electron chi connectivity index (χ3n) is 4.34. The zero-order valence-corrected chi connectivity index (χ0v) is 17.0. The van der Waals surface area contributed by atoms with E-state index in [0.29, 0.717) is 0 Å². The molecule has 2 heteroatoms. The lowest BCUT2D eigenvalue weighted by Gasteiger charge is -2.31. The Morgan fingerprint density at radius 3 is 1.04 bits per heavy atom. The van der Waals surface area contributed by atoms with Gasteiger partial charge in [-0.15, -0.1) is 0 Å². The highest BCUT2D eigenvalue weighted by Gasteiger charge is 2.29. The van der Waals surface area contributed by atoms with Gasteiger partial charge < -0.3 is 0 Å². The Kier molecular flexibility index (Phi) is 7.35. The van der Waals surface area contributed by atoms with Gasteiger partial charge >= 0.3 is 0 Å². The van der Waals surface area contributed by atoms with Gasteiger partial charge in [-0.25, -0.2) is 9.78 Å². The van der Waals surface area contributed by atoms with Crippen LogP contribution >= 0.6 is 0 Å². The van der Waals surface area contributed by atoms with E-state index < -0.39 is 11.2 Å². The van der Waals surface area contributed by atoms with Crippen molar-refractivity contribution in [3.05, 3.63) is 108 Å². The highest BCUT2D eigenvalue weighted by molar-refractivity contribution is 5.22. The molecule has 0 aliphatic carbocycles. The summed E-state index contributed by atoms with van der Waals surface area (Å²) in [6, 6.07) is 30.4. The molecule has 0 aliphatic heterocycles. The second kappa shape index (κ2) is 9.50. The number of benzene rings is 3. The van der Waals surface area contributed by atoms with E-state index in [9.17, 15) is 0 Å². The summed E-state index contributed by atoms with van der Waals surface area (Å²) in [5.74, 6) is 0. The minimum atomic E-state index is -0.493. The van der Waals surface area contributed by atoms with Gasteiger partial charge in [0.25, 0.3) is 0 Å². The number of rotatable bonds is 5. The zero-order chi connectivity index (χ0) is 19.8. The van der Waals surface area contributed by atoms with E-state index in [2.05, 4.69) is 19.1 Å². The first kappa shape index (κ1) is 20.9. The van der Waals surface area contributed by atoms with Crippen LogP contribution in [0.1, 0.15) is 44.4 Å². The summed E-state index contributed by atoms with van der Waals surface area (Å²) in [6.07, 6.45) is 0. The molecule has 0 aliphatic rings. The summed E-state index contributed by atoms with van der Waals surface area (Å²) >= 11 is 0. The Hall–Kier alpha value is -2.42. The summed E-state index contributed by atoms with van der Waals surface area (Å²) in [5.41, 5.74) is 2.51. The quantitative estimate of drug-likeness (QED) is 0.367. The molecule has 0 aromatic heterocycles. The second-order valence-corrected chi connectivity index (χ2v) is 7.57. The summed E-state index contributed by atoms with van der Waals surface area (Å²) in [5, 5.41) is 0. The predicted octanol–water partition coefficient (Wildman–Crippen LogP) is 6.80. The van der Waals surface area contributed by atoms with E-state index in [1.807, 2.05) is 107 Å². The molecule has 0 atom stereocenters. The Bertz CT molecular complexity index is 727. The monoisotopic (exact) mass is 362 g/mol. The molecule has 0 unspecified atom stereocenters. The molecule has 0 fully saturated rings. The first-order valence-corrected chi connectivity index (χ1v) is 9.31. The maximum atomic E-state index is 5.73. The van der Waals surface area contributed by atoms with E-state index in [0.717, 1.165) is 11.1 Å². The van der Waals surface area contributed by atoms with Crippen LogP contribution in [0.5, 0.6) is 0 Å². The van der Waals surface area contributed by atoms with Crippen molar-refractivity contribution in [2.45, 2.75) is 45.8 Å².